The molecule has 0 heteroatoms. The van der Waals surface area contributed by atoms with Gasteiger partial charge >= 0.3 is 0 Å². The van der Waals surface area contributed by atoms with Crippen LogP contribution in [0, 0.1) is 19.8 Å². The van der Waals surface area contributed by atoms with E-state index in [1.54, 1.807) is 0 Å². The van der Waals surface area contributed by atoms with Crippen molar-refractivity contribution in [1.29, 1.82) is 0 Å². The van der Waals surface area contributed by atoms with E-state index in [1.807, 2.05) is 0 Å². The van der Waals surface area contributed by atoms with E-state index in [-0.39, 0.29) is 0 Å². The first kappa shape index (κ1) is 21.3. The van der Waals surface area contributed by atoms with Gasteiger partial charge in [-0.1, -0.05) is 82.9 Å². The van der Waals surface area contributed by atoms with E-state index in [1.165, 1.54) is 35.1 Å². The summed E-state index contributed by atoms with van der Waals surface area (Å²) in [7, 11) is 0. The highest BCUT2D eigenvalue weighted by atomic mass is 14.0. The average molecular weight is 277 g/mol. The number of hydrogen-bond donors (Lipinski definition) is 0. The lowest BCUT2D eigenvalue weighted by Crippen LogP contribution is -1.82. The number of aryl methyl sites for hydroxylation is 2. The summed E-state index contributed by atoms with van der Waals surface area (Å²) < 4.78 is 0. The summed E-state index contributed by atoms with van der Waals surface area (Å²) in [6.45, 7) is 19.4. The minimum atomic E-state index is 0.833. The molecule has 0 aromatic heterocycles. The Balaban J connectivity index is 0. The number of rotatable bonds is 2. The third kappa shape index (κ3) is 15.0. The highest BCUT2D eigenvalue weighted by Crippen LogP contribution is 2.13. The molecule has 0 aliphatic heterocycles. The molecule has 0 fully saturated rings. The lowest BCUT2D eigenvalue weighted by atomic mass is 10.0. The molecule has 0 N–H and O–H groups in total. The van der Waals surface area contributed by atoms with Gasteiger partial charge in [0.25, 0.3) is 0 Å². The molecule has 116 valence electrons. The molecule has 0 unspecified atom stereocenters. The van der Waals surface area contributed by atoms with Gasteiger partial charge in [0.1, 0.15) is 0 Å². The quantitative estimate of drug-likeness (QED) is 0.536. The molecular formula is C20H36. The second-order valence-electron chi connectivity index (χ2n) is 6.31. The van der Waals surface area contributed by atoms with Gasteiger partial charge in [0.15, 0.2) is 0 Å². The SMILES string of the molecule is CC(C)=Cc1cc(C)ccc1C.CC(C)C.CCCC. The predicted molar refractivity (Wildman–Crippen MR) is 96.3 cm³/mol. The van der Waals surface area contributed by atoms with Gasteiger partial charge < -0.3 is 0 Å². The molecule has 1 aromatic carbocycles. The Morgan fingerprint density at radius 3 is 1.80 bits per heavy atom. The third-order valence-electron chi connectivity index (χ3n) is 2.38. The fraction of sp³-hybridized carbons (Fsp3) is 0.600. The highest BCUT2D eigenvalue weighted by Gasteiger charge is 1.93. The summed E-state index contributed by atoms with van der Waals surface area (Å²) in [5.74, 6) is 0.833. The van der Waals surface area contributed by atoms with Gasteiger partial charge in [-0.25, -0.2) is 0 Å². The first-order valence-electron chi connectivity index (χ1n) is 7.96. The first-order chi connectivity index (χ1) is 9.24. The lowest BCUT2D eigenvalue weighted by Gasteiger charge is -2.02. The van der Waals surface area contributed by atoms with Crippen molar-refractivity contribution >= 4 is 6.08 Å². The van der Waals surface area contributed by atoms with Gasteiger partial charge in [-0.2, -0.15) is 0 Å². The molecule has 0 aliphatic carbocycles. The first-order valence-corrected chi connectivity index (χ1v) is 7.96. The fourth-order valence-corrected chi connectivity index (χ4v) is 1.23. The van der Waals surface area contributed by atoms with Crippen LogP contribution in [-0.2, 0) is 0 Å². The summed E-state index contributed by atoms with van der Waals surface area (Å²) in [5.41, 5.74) is 5.37. The maximum absolute atomic E-state index is 2.22. The van der Waals surface area contributed by atoms with Crippen molar-refractivity contribution in [3.63, 3.8) is 0 Å². The van der Waals surface area contributed by atoms with E-state index >= 15 is 0 Å². The van der Waals surface area contributed by atoms with Crippen LogP contribution in [0.3, 0.4) is 0 Å². The Hall–Kier alpha value is -1.04. The Morgan fingerprint density at radius 2 is 1.45 bits per heavy atom. The molecule has 0 radical (unpaired) electrons. The van der Waals surface area contributed by atoms with Crippen LogP contribution >= 0.6 is 0 Å². The van der Waals surface area contributed by atoms with Crippen LogP contribution in [0.5, 0.6) is 0 Å². The minimum Gasteiger partial charge on any atom is -0.0758 e. The molecule has 1 aromatic rings. The monoisotopic (exact) mass is 276 g/mol. The normalized spacial score (nSPS) is 9.10. The molecule has 0 atom stereocenters. The second-order valence-corrected chi connectivity index (χ2v) is 6.31. The largest absolute Gasteiger partial charge is 0.0758 e. The summed E-state index contributed by atoms with van der Waals surface area (Å²) in [5, 5.41) is 0. The van der Waals surface area contributed by atoms with E-state index in [0.717, 1.165) is 5.92 Å². The highest BCUT2D eigenvalue weighted by molar-refractivity contribution is 5.56. The molecule has 1 rings (SSSR count). The lowest BCUT2D eigenvalue weighted by molar-refractivity contribution is 0.737. The molecular weight excluding hydrogens is 240 g/mol. The zero-order valence-electron chi connectivity index (χ0n) is 15.3. The number of allylic oxidation sites excluding steroid dienone is 1. The number of unbranched alkanes of at least 4 members (excludes halogenated alkanes) is 1. The minimum absolute atomic E-state index is 0.833. The summed E-state index contributed by atoms with van der Waals surface area (Å²) in [6.07, 6.45) is 4.86. The summed E-state index contributed by atoms with van der Waals surface area (Å²) >= 11 is 0. The summed E-state index contributed by atoms with van der Waals surface area (Å²) in [6, 6.07) is 6.55. The molecule has 20 heavy (non-hydrogen) atoms. The smallest absolute Gasteiger partial charge is 0.0225 e. The van der Waals surface area contributed by atoms with Crippen molar-refractivity contribution in [3.05, 3.63) is 40.5 Å². The number of hydrogen-bond acceptors (Lipinski definition) is 0. The molecule has 0 spiro atoms. The van der Waals surface area contributed by atoms with E-state index in [4.69, 9.17) is 0 Å². The van der Waals surface area contributed by atoms with Gasteiger partial charge in [0, 0.05) is 0 Å². The maximum Gasteiger partial charge on any atom is -0.0225 e. The van der Waals surface area contributed by atoms with E-state index in [2.05, 4.69) is 86.6 Å². The van der Waals surface area contributed by atoms with Gasteiger partial charge in [-0.15, -0.1) is 0 Å². The van der Waals surface area contributed by atoms with Crippen LogP contribution in [0.1, 0.15) is 78.0 Å². The van der Waals surface area contributed by atoms with Crippen LogP contribution in [-0.4, -0.2) is 0 Å². The van der Waals surface area contributed by atoms with Crippen molar-refractivity contribution in [3.8, 4) is 0 Å². The average Bonchev–Trinajstić information content (AvgIpc) is 2.33. The Kier molecular flexibility index (Phi) is 13.8. The van der Waals surface area contributed by atoms with Crippen LogP contribution in [0.2, 0.25) is 0 Å². The molecule has 0 aliphatic rings. The molecule has 0 saturated heterocycles. The van der Waals surface area contributed by atoms with Crippen LogP contribution in [0.25, 0.3) is 6.08 Å². The zero-order valence-corrected chi connectivity index (χ0v) is 15.3. The van der Waals surface area contributed by atoms with Crippen molar-refractivity contribution in [1.82, 2.24) is 0 Å². The molecule has 0 nitrogen and oxygen atoms in total. The Bertz CT molecular complexity index is 361. The van der Waals surface area contributed by atoms with Gasteiger partial charge in [0.05, 0.1) is 0 Å². The van der Waals surface area contributed by atoms with Crippen LogP contribution < -0.4 is 0 Å². The van der Waals surface area contributed by atoms with E-state index in [9.17, 15) is 0 Å². The molecule has 0 bridgehead atoms. The second kappa shape index (κ2) is 13.0. The predicted octanol–water partition coefficient (Wildman–Crippen LogP) is 7.20. The van der Waals surface area contributed by atoms with Gasteiger partial charge in [-0.05, 0) is 44.7 Å². The maximum atomic E-state index is 2.22. The van der Waals surface area contributed by atoms with Gasteiger partial charge in [0.2, 0.25) is 0 Å². The third-order valence-corrected chi connectivity index (χ3v) is 2.38. The van der Waals surface area contributed by atoms with Crippen LogP contribution in [0.15, 0.2) is 23.8 Å². The molecule has 0 saturated carbocycles. The molecule has 0 amide bonds. The van der Waals surface area contributed by atoms with Crippen molar-refractivity contribution in [2.24, 2.45) is 5.92 Å². The number of benzene rings is 1. The van der Waals surface area contributed by atoms with Crippen molar-refractivity contribution < 1.29 is 0 Å². The Morgan fingerprint density at radius 1 is 1.00 bits per heavy atom. The van der Waals surface area contributed by atoms with E-state index in [0.29, 0.717) is 0 Å². The van der Waals surface area contributed by atoms with E-state index < -0.39 is 0 Å². The van der Waals surface area contributed by atoms with Gasteiger partial charge in [-0.3, -0.25) is 0 Å². The van der Waals surface area contributed by atoms with Crippen LogP contribution in [0.4, 0.5) is 0 Å². The molecule has 0 heterocycles. The zero-order chi connectivity index (χ0) is 16.1. The standard InChI is InChI=1S/C12H16.2C4H10/c1-9(2)7-12-8-10(3)5-6-11(12)4;1-4(2)3;1-3-4-2/h5-8H,1-4H3;4H,1-3H3;3-4H2,1-2H3. The Labute approximate surface area is 128 Å². The summed E-state index contributed by atoms with van der Waals surface area (Å²) in [4.78, 5) is 0. The van der Waals surface area contributed by atoms with Crippen molar-refractivity contribution in [2.45, 2.75) is 75.2 Å². The van der Waals surface area contributed by atoms with Crippen molar-refractivity contribution in [2.75, 3.05) is 0 Å². The topological polar surface area (TPSA) is 0 Å². The fourth-order valence-electron chi connectivity index (χ4n) is 1.23.